The van der Waals surface area contributed by atoms with Crippen molar-refractivity contribution in [2.75, 3.05) is 7.05 Å². The van der Waals surface area contributed by atoms with Gasteiger partial charge in [0.1, 0.15) is 6.04 Å². The van der Waals surface area contributed by atoms with Crippen molar-refractivity contribution in [2.24, 2.45) is 11.8 Å². The molecule has 0 saturated carbocycles. The monoisotopic (exact) mass is 475 g/mol. The Kier molecular flexibility index (Phi) is 9.57. The van der Waals surface area contributed by atoms with Gasteiger partial charge in [0.15, 0.2) is 0 Å². The highest BCUT2D eigenvalue weighted by Crippen LogP contribution is 2.17. The van der Waals surface area contributed by atoms with Gasteiger partial charge in [0, 0.05) is 29.4 Å². The van der Waals surface area contributed by atoms with Gasteiger partial charge < -0.3 is 10.6 Å². The Morgan fingerprint density at radius 1 is 1.12 bits per heavy atom. The number of hydrogen-bond acceptors (Lipinski definition) is 4. The van der Waals surface area contributed by atoms with E-state index in [4.69, 9.17) is 5.21 Å². The molecular weight excluding hydrogens is 449 g/mol. The summed E-state index contributed by atoms with van der Waals surface area (Å²) in [5, 5.41) is 14.0. The van der Waals surface area contributed by atoms with Gasteiger partial charge in [-0.25, -0.2) is 5.48 Å². The van der Waals surface area contributed by atoms with E-state index in [-0.39, 0.29) is 24.2 Å². The van der Waals surface area contributed by atoms with Gasteiger partial charge in [0.2, 0.25) is 17.7 Å². The topological polar surface area (TPSA) is 108 Å². The van der Waals surface area contributed by atoms with Gasteiger partial charge in [0.05, 0.1) is 0 Å². The second-order valence-corrected chi connectivity index (χ2v) is 7.82. The Balaban J connectivity index is 2.88. The van der Waals surface area contributed by atoms with E-state index in [2.05, 4.69) is 33.2 Å². The standard InChI is InChI=1S/C18H26IN3O4/c1-11(2)8-13(10-16(23)22-26)17(24)21-15(18(25)20-3)9-12-4-6-14(19)7-5-12/h4-7,11,13,15,26H,8-10H2,1-3H3,(H,20,25)(H,21,24)(H,22,23)/t13-,15+/m1/s1. The van der Waals surface area contributed by atoms with Crippen LogP contribution in [0, 0.1) is 15.4 Å². The van der Waals surface area contributed by atoms with Gasteiger partial charge in [-0.2, -0.15) is 0 Å². The van der Waals surface area contributed by atoms with E-state index in [0.717, 1.165) is 9.13 Å². The van der Waals surface area contributed by atoms with Crippen molar-refractivity contribution in [3.8, 4) is 0 Å². The maximum absolute atomic E-state index is 12.7. The molecule has 0 radical (unpaired) electrons. The van der Waals surface area contributed by atoms with Crippen molar-refractivity contribution in [1.29, 1.82) is 0 Å². The zero-order valence-electron chi connectivity index (χ0n) is 15.2. The molecule has 0 aliphatic rings. The lowest BCUT2D eigenvalue weighted by Gasteiger charge is -2.22. The fourth-order valence-corrected chi connectivity index (χ4v) is 3.01. The van der Waals surface area contributed by atoms with E-state index < -0.39 is 17.9 Å². The third-order valence-corrected chi connectivity index (χ3v) is 4.63. The van der Waals surface area contributed by atoms with Crippen LogP contribution in [0.1, 0.15) is 32.3 Å². The third kappa shape index (κ3) is 7.69. The second-order valence-electron chi connectivity index (χ2n) is 6.57. The van der Waals surface area contributed by atoms with E-state index in [1.165, 1.54) is 7.05 Å². The van der Waals surface area contributed by atoms with Crippen LogP contribution in [0.4, 0.5) is 0 Å². The van der Waals surface area contributed by atoms with Gasteiger partial charge >= 0.3 is 0 Å². The van der Waals surface area contributed by atoms with E-state index in [9.17, 15) is 14.4 Å². The largest absolute Gasteiger partial charge is 0.357 e. The first-order valence-corrected chi connectivity index (χ1v) is 9.54. The summed E-state index contributed by atoms with van der Waals surface area (Å²) in [6.07, 6.45) is 0.691. The summed E-state index contributed by atoms with van der Waals surface area (Å²) in [6, 6.07) is 6.96. The van der Waals surface area contributed by atoms with Gasteiger partial charge in [-0.15, -0.1) is 0 Å². The van der Waals surface area contributed by atoms with Crippen LogP contribution in [-0.2, 0) is 20.8 Å². The molecule has 0 fully saturated rings. The Bertz CT molecular complexity index is 619. The molecule has 0 bridgehead atoms. The number of likely N-dealkylation sites (N-methyl/N-ethyl adjacent to an activating group) is 1. The molecule has 0 aliphatic carbocycles. The minimum absolute atomic E-state index is 0.134. The number of amides is 3. The van der Waals surface area contributed by atoms with E-state index in [1.807, 2.05) is 38.1 Å². The number of benzene rings is 1. The van der Waals surface area contributed by atoms with Crippen LogP contribution in [0.5, 0.6) is 0 Å². The zero-order chi connectivity index (χ0) is 19.7. The zero-order valence-corrected chi connectivity index (χ0v) is 17.4. The first-order valence-electron chi connectivity index (χ1n) is 8.46. The summed E-state index contributed by atoms with van der Waals surface area (Å²) in [6.45, 7) is 3.89. The number of hydrogen-bond donors (Lipinski definition) is 4. The Morgan fingerprint density at radius 2 is 1.73 bits per heavy atom. The highest BCUT2D eigenvalue weighted by molar-refractivity contribution is 14.1. The highest BCUT2D eigenvalue weighted by Gasteiger charge is 2.27. The summed E-state index contributed by atoms with van der Waals surface area (Å²) in [5.41, 5.74) is 2.48. The Morgan fingerprint density at radius 3 is 2.23 bits per heavy atom. The van der Waals surface area contributed by atoms with Gasteiger partial charge in [-0.1, -0.05) is 26.0 Å². The van der Waals surface area contributed by atoms with E-state index in [0.29, 0.717) is 12.8 Å². The molecule has 8 heteroatoms. The molecule has 3 amide bonds. The second kappa shape index (κ2) is 11.1. The Labute approximate surface area is 167 Å². The molecule has 0 heterocycles. The van der Waals surface area contributed by atoms with Crippen molar-refractivity contribution >= 4 is 40.3 Å². The average Bonchev–Trinajstić information content (AvgIpc) is 2.61. The quantitative estimate of drug-likeness (QED) is 0.247. The molecule has 0 spiro atoms. The predicted molar refractivity (Wildman–Crippen MR) is 106 cm³/mol. The predicted octanol–water partition coefficient (Wildman–Crippen LogP) is 1.62. The van der Waals surface area contributed by atoms with Crippen LogP contribution in [0.15, 0.2) is 24.3 Å². The van der Waals surface area contributed by atoms with E-state index in [1.54, 1.807) is 5.48 Å². The Hall–Kier alpha value is -1.68. The molecular formula is C18H26IN3O4. The average molecular weight is 475 g/mol. The number of halogens is 1. The summed E-state index contributed by atoms with van der Waals surface area (Å²) < 4.78 is 1.08. The molecule has 7 nitrogen and oxygen atoms in total. The molecule has 4 N–H and O–H groups in total. The third-order valence-electron chi connectivity index (χ3n) is 3.92. The molecule has 26 heavy (non-hydrogen) atoms. The van der Waals surface area contributed by atoms with Crippen LogP contribution in [0.25, 0.3) is 0 Å². The van der Waals surface area contributed by atoms with Crippen molar-refractivity contribution in [3.05, 3.63) is 33.4 Å². The number of carbonyl (C=O) groups excluding carboxylic acids is 3. The van der Waals surface area contributed by atoms with Crippen LogP contribution < -0.4 is 16.1 Å². The van der Waals surface area contributed by atoms with Crippen LogP contribution in [-0.4, -0.2) is 36.0 Å². The molecule has 1 aromatic rings. The van der Waals surface area contributed by atoms with Gasteiger partial charge in [0.25, 0.3) is 0 Å². The minimum Gasteiger partial charge on any atom is -0.357 e. The molecule has 0 aliphatic heterocycles. The lowest BCUT2D eigenvalue weighted by atomic mass is 9.92. The maximum Gasteiger partial charge on any atom is 0.244 e. The maximum atomic E-state index is 12.7. The first-order chi connectivity index (χ1) is 12.3. The lowest BCUT2D eigenvalue weighted by Crippen LogP contribution is -2.49. The van der Waals surface area contributed by atoms with Crippen LogP contribution >= 0.6 is 22.6 Å². The van der Waals surface area contributed by atoms with Crippen LogP contribution in [0.3, 0.4) is 0 Å². The van der Waals surface area contributed by atoms with Gasteiger partial charge in [-0.05, 0) is 52.6 Å². The normalized spacial score (nSPS) is 13.0. The summed E-state index contributed by atoms with van der Waals surface area (Å²) in [7, 11) is 1.51. The molecule has 0 saturated heterocycles. The van der Waals surface area contributed by atoms with Crippen molar-refractivity contribution < 1.29 is 19.6 Å². The first kappa shape index (κ1) is 22.4. The SMILES string of the molecule is CNC(=O)[C@H](Cc1ccc(I)cc1)NC(=O)[C@@H](CC(=O)NO)CC(C)C. The lowest BCUT2D eigenvalue weighted by molar-refractivity contribution is -0.136. The van der Waals surface area contributed by atoms with Crippen LogP contribution in [0.2, 0.25) is 0 Å². The summed E-state index contributed by atoms with van der Waals surface area (Å²) >= 11 is 2.20. The van der Waals surface area contributed by atoms with E-state index >= 15 is 0 Å². The highest BCUT2D eigenvalue weighted by atomic mass is 127. The molecule has 1 rings (SSSR count). The van der Waals surface area contributed by atoms with Crippen molar-refractivity contribution in [2.45, 2.75) is 39.2 Å². The molecule has 2 atom stereocenters. The number of nitrogens with one attached hydrogen (secondary N) is 3. The number of rotatable bonds is 9. The fraction of sp³-hybridized carbons (Fsp3) is 0.500. The molecule has 0 unspecified atom stereocenters. The van der Waals surface area contributed by atoms with Crippen molar-refractivity contribution in [1.82, 2.24) is 16.1 Å². The molecule has 1 aromatic carbocycles. The number of hydroxylamine groups is 1. The number of carbonyl (C=O) groups is 3. The minimum atomic E-state index is -0.737. The molecule has 144 valence electrons. The smallest absolute Gasteiger partial charge is 0.244 e. The summed E-state index contributed by atoms with van der Waals surface area (Å²) in [5.74, 6) is -1.73. The molecule has 0 aromatic heterocycles. The summed E-state index contributed by atoms with van der Waals surface area (Å²) in [4.78, 5) is 36.3. The van der Waals surface area contributed by atoms with Gasteiger partial charge in [-0.3, -0.25) is 19.6 Å². The fourth-order valence-electron chi connectivity index (χ4n) is 2.65. The van der Waals surface area contributed by atoms with Crippen molar-refractivity contribution in [3.63, 3.8) is 0 Å².